The molecule has 1 N–H and O–H groups in total. The van der Waals surface area contributed by atoms with Crippen LogP contribution in [0.3, 0.4) is 0 Å². The second-order valence-corrected chi connectivity index (χ2v) is 6.52. The van der Waals surface area contributed by atoms with Crippen LogP contribution in [0.4, 0.5) is 5.82 Å². The molecule has 0 bridgehead atoms. The number of rotatable bonds is 5. The number of hydrogen-bond acceptors (Lipinski definition) is 5. The Morgan fingerprint density at radius 2 is 2.00 bits per heavy atom. The van der Waals surface area contributed by atoms with E-state index in [1.165, 1.54) is 0 Å². The Morgan fingerprint density at radius 1 is 1.27 bits per heavy atom. The maximum absolute atomic E-state index is 12.3. The van der Waals surface area contributed by atoms with Crippen LogP contribution >= 0.6 is 0 Å². The molecule has 1 aromatic heterocycles. The maximum Gasteiger partial charge on any atom is 0.260 e. The number of carbonyl (C=O) groups excluding carboxylic acids is 2. The number of aromatic nitrogens is 1. The number of para-hydroxylation sites is 1. The van der Waals surface area contributed by atoms with Crippen molar-refractivity contribution in [3.8, 4) is 5.75 Å². The Balaban J connectivity index is 1.44. The molecule has 1 aliphatic rings. The zero-order chi connectivity index (χ0) is 18.5. The Labute approximate surface area is 152 Å². The van der Waals surface area contributed by atoms with E-state index in [0.29, 0.717) is 37.5 Å². The fraction of sp³-hybridized carbons (Fsp3) is 0.421. The first kappa shape index (κ1) is 18.0. The van der Waals surface area contributed by atoms with Crippen molar-refractivity contribution in [2.75, 3.05) is 25.0 Å². The molecule has 26 heavy (non-hydrogen) atoms. The lowest BCUT2D eigenvalue weighted by molar-refractivity contribution is -0.136. The quantitative estimate of drug-likeness (QED) is 0.889. The van der Waals surface area contributed by atoms with Crippen molar-refractivity contribution in [1.82, 2.24) is 10.1 Å². The summed E-state index contributed by atoms with van der Waals surface area (Å²) in [6.45, 7) is 4.82. The number of amides is 2. The summed E-state index contributed by atoms with van der Waals surface area (Å²) in [5.74, 6) is 1.53. The molecular weight excluding hydrogens is 334 g/mol. The van der Waals surface area contributed by atoms with Crippen molar-refractivity contribution >= 4 is 17.6 Å². The molecule has 2 amide bonds. The van der Waals surface area contributed by atoms with Crippen molar-refractivity contribution in [3.05, 3.63) is 41.7 Å². The summed E-state index contributed by atoms with van der Waals surface area (Å²) in [4.78, 5) is 26.4. The summed E-state index contributed by atoms with van der Waals surface area (Å²) in [6.07, 6.45) is 1.25. The number of anilines is 1. The number of nitrogens with zero attached hydrogens (tertiary/aromatic N) is 2. The van der Waals surface area contributed by atoms with Crippen LogP contribution < -0.4 is 10.1 Å². The molecule has 0 radical (unpaired) electrons. The third-order valence-corrected chi connectivity index (χ3v) is 4.54. The minimum absolute atomic E-state index is 0.0138. The molecule has 0 aliphatic carbocycles. The summed E-state index contributed by atoms with van der Waals surface area (Å²) >= 11 is 0. The number of nitrogens with one attached hydrogen (secondary N) is 1. The fourth-order valence-corrected chi connectivity index (χ4v) is 2.99. The van der Waals surface area contributed by atoms with Gasteiger partial charge in [0.2, 0.25) is 5.91 Å². The molecule has 1 saturated heterocycles. The lowest BCUT2D eigenvalue weighted by Gasteiger charge is -2.31. The first-order valence-corrected chi connectivity index (χ1v) is 8.73. The smallest absolute Gasteiger partial charge is 0.260 e. The van der Waals surface area contributed by atoms with Crippen molar-refractivity contribution in [1.29, 1.82) is 0 Å². The average molecular weight is 357 g/mol. The van der Waals surface area contributed by atoms with Gasteiger partial charge in [-0.2, -0.15) is 0 Å². The minimum atomic E-state index is -0.131. The lowest BCUT2D eigenvalue weighted by Crippen LogP contribution is -2.43. The van der Waals surface area contributed by atoms with Crippen LogP contribution in [0.1, 0.15) is 24.2 Å². The Hall–Kier alpha value is -2.83. The van der Waals surface area contributed by atoms with E-state index in [-0.39, 0.29) is 24.3 Å². The van der Waals surface area contributed by atoms with Crippen molar-refractivity contribution in [3.63, 3.8) is 0 Å². The van der Waals surface area contributed by atoms with Gasteiger partial charge in [0.05, 0.1) is 0 Å². The first-order chi connectivity index (χ1) is 12.5. The predicted molar refractivity (Wildman–Crippen MR) is 95.8 cm³/mol. The SMILES string of the molecule is Cc1cc(NC(=O)C2CCN(C(=O)COc3ccccc3C)CC2)no1. The first-order valence-electron chi connectivity index (χ1n) is 8.73. The maximum atomic E-state index is 12.3. The summed E-state index contributed by atoms with van der Waals surface area (Å²) in [5, 5.41) is 6.52. The third-order valence-electron chi connectivity index (χ3n) is 4.54. The van der Waals surface area contributed by atoms with Crippen LogP contribution in [0.5, 0.6) is 5.75 Å². The van der Waals surface area contributed by atoms with Gasteiger partial charge in [-0.15, -0.1) is 0 Å². The molecule has 0 atom stereocenters. The van der Waals surface area contributed by atoms with Crippen LogP contribution in [0, 0.1) is 19.8 Å². The van der Waals surface area contributed by atoms with Gasteiger partial charge in [-0.3, -0.25) is 9.59 Å². The summed E-state index contributed by atoms with van der Waals surface area (Å²) in [7, 11) is 0. The molecule has 0 unspecified atom stereocenters. The van der Waals surface area contributed by atoms with E-state index in [1.54, 1.807) is 17.9 Å². The van der Waals surface area contributed by atoms with Crippen LogP contribution in [-0.4, -0.2) is 41.6 Å². The Bertz CT molecular complexity index is 779. The van der Waals surface area contributed by atoms with Crippen LogP contribution in [-0.2, 0) is 9.59 Å². The van der Waals surface area contributed by atoms with Gasteiger partial charge in [-0.1, -0.05) is 23.4 Å². The highest BCUT2D eigenvalue weighted by molar-refractivity contribution is 5.91. The zero-order valence-electron chi connectivity index (χ0n) is 15.0. The second kappa shape index (κ2) is 8.03. The Morgan fingerprint density at radius 3 is 2.65 bits per heavy atom. The van der Waals surface area contributed by atoms with Gasteiger partial charge >= 0.3 is 0 Å². The van der Waals surface area contributed by atoms with E-state index in [0.717, 1.165) is 11.3 Å². The number of piperidine rings is 1. The summed E-state index contributed by atoms with van der Waals surface area (Å²) in [5.41, 5.74) is 0.999. The van der Waals surface area contributed by atoms with Gasteiger partial charge in [0.25, 0.3) is 5.91 Å². The van der Waals surface area contributed by atoms with E-state index in [9.17, 15) is 9.59 Å². The molecule has 2 aromatic rings. The number of carbonyl (C=O) groups is 2. The van der Waals surface area contributed by atoms with Crippen LogP contribution in [0.25, 0.3) is 0 Å². The van der Waals surface area contributed by atoms with E-state index in [2.05, 4.69) is 10.5 Å². The van der Waals surface area contributed by atoms with E-state index < -0.39 is 0 Å². The van der Waals surface area contributed by atoms with Gasteiger partial charge in [-0.05, 0) is 38.3 Å². The molecule has 0 spiro atoms. The highest BCUT2D eigenvalue weighted by Crippen LogP contribution is 2.20. The average Bonchev–Trinajstić information content (AvgIpc) is 3.05. The highest BCUT2D eigenvalue weighted by atomic mass is 16.5. The fourth-order valence-electron chi connectivity index (χ4n) is 2.99. The Kier molecular flexibility index (Phi) is 5.55. The number of benzene rings is 1. The molecule has 138 valence electrons. The summed E-state index contributed by atoms with van der Waals surface area (Å²) < 4.78 is 10.6. The van der Waals surface area contributed by atoms with Crippen molar-refractivity contribution in [2.45, 2.75) is 26.7 Å². The molecule has 2 heterocycles. The molecule has 7 heteroatoms. The third kappa shape index (κ3) is 4.41. The van der Waals surface area contributed by atoms with Gasteiger partial charge < -0.3 is 19.5 Å². The van der Waals surface area contributed by atoms with Gasteiger partial charge in [0.15, 0.2) is 12.4 Å². The van der Waals surface area contributed by atoms with Crippen LogP contribution in [0.15, 0.2) is 34.9 Å². The predicted octanol–water partition coefficient (Wildman–Crippen LogP) is 2.55. The lowest BCUT2D eigenvalue weighted by atomic mass is 9.96. The van der Waals surface area contributed by atoms with E-state index in [1.807, 2.05) is 31.2 Å². The number of ether oxygens (including phenoxy) is 1. The summed E-state index contributed by atoms with van der Waals surface area (Å²) in [6, 6.07) is 9.29. The number of likely N-dealkylation sites (tertiary alicyclic amines) is 1. The van der Waals surface area contributed by atoms with Crippen LogP contribution in [0.2, 0.25) is 0 Å². The number of aryl methyl sites for hydroxylation is 2. The van der Waals surface area contributed by atoms with Gasteiger partial charge in [-0.25, -0.2) is 0 Å². The number of hydrogen-bond donors (Lipinski definition) is 1. The highest BCUT2D eigenvalue weighted by Gasteiger charge is 2.28. The topological polar surface area (TPSA) is 84.7 Å². The largest absolute Gasteiger partial charge is 0.484 e. The van der Waals surface area contributed by atoms with Gasteiger partial charge in [0, 0.05) is 25.1 Å². The standard InChI is InChI=1S/C19H23N3O4/c1-13-5-3-4-6-16(13)25-12-18(23)22-9-7-15(8-10-22)19(24)20-17-11-14(2)26-21-17/h3-6,11,15H,7-10,12H2,1-2H3,(H,20,21,24). The van der Waals surface area contributed by atoms with E-state index in [4.69, 9.17) is 9.26 Å². The zero-order valence-corrected chi connectivity index (χ0v) is 15.0. The minimum Gasteiger partial charge on any atom is -0.484 e. The second-order valence-electron chi connectivity index (χ2n) is 6.52. The van der Waals surface area contributed by atoms with E-state index >= 15 is 0 Å². The molecule has 1 aliphatic heterocycles. The molecule has 7 nitrogen and oxygen atoms in total. The van der Waals surface area contributed by atoms with Crippen molar-refractivity contribution < 1.29 is 18.8 Å². The molecule has 3 rings (SSSR count). The molecule has 1 aromatic carbocycles. The normalized spacial score (nSPS) is 14.9. The van der Waals surface area contributed by atoms with Crippen molar-refractivity contribution in [2.24, 2.45) is 5.92 Å². The molecular formula is C19H23N3O4. The molecule has 0 saturated carbocycles. The van der Waals surface area contributed by atoms with Gasteiger partial charge in [0.1, 0.15) is 11.5 Å². The molecule has 1 fully saturated rings. The monoisotopic (exact) mass is 357 g/mol.